The third-order valence-electron chi connectivity index (χ3n) is 3.09. The summed E-state index contributed by atoms with van der Waals surface area (Å²) in [5, 5.41) is 3.13. The lowest BCUT2D eigenvalue weighted by atomic mass is 10.1. The van der Waals surface area contributed by atoms with Crippen LogP contribution in [0.2, 0.25) is 0 Å². The maximum absolute atomic E-state index is 12.2. The molecule has 5 nitrogen and oxygen atoms in total. The van der Waals surface area contributed by atoms with Gasteiger partial charge in [0, 0.05) is 25.3 Å². The van der Waals surface area contributed by atoms with Gasteiger partial charge in [0.2, 0.25) is 0 Å². The van der Waals surface area contributed by atoms with E-state index in [1.807, 2.05) is 6.92 Å². The first kappa shape index (κ1) is 11.9. The quantitative estimate of drug-likeness (QED) is 0.782. The number of hydrogen-bond acceptors (Lipinski definition) is 3. The number of aromatic nitrogens is 1. The summed E-state index contributed by atoms with van der Waals surface area (Å²) < 4.78 is 0. The van der Waals surface area contributed by atoms with E-state index in [2.05, 4.69) is 10.3 Å². The average Bonchev–Trinajstić information content (AvgIpc) is 2.22. The number of aryl methyl sites for hydroxylation is 1. The van der Waals surface area contributed by atoms with Gasteiger partial charge in [-0.25, -0.2) is 0 Å². The highest BCUT2D eigenvalue weighted by atomic mass is 16.2. The maximum Gasteiger partial charge on any atom is 0.260 e. The van der Waals surface area contributed by atoms with Crippen LogP contribution in [0.25, 0.3) is 0 Å². The molecule has 1 amide bonds. The standard InChI is InChI=1S/C12H17N3O2/c1-3-15(9-6-13-7-9)12(17)10-5-4-8(2)14-11(10)16/h4-5,9,13H,3,6-7H2,1-2H3,(H,14,16). The Morgan fingerprint density at radius 3 is 2.65 bits per heavy atom. The Bertz CT molecular complexity index is 477. The van der Waals surface area contributed by atoms with Gasteiger partial charge >= 0.3 is 0 Å². The van der Waals surface area contributed by atoms with Gasteiger partial charge < -0.3 is 15.2 Å². The van der Waals surface area contributed by atoms with Gasteiger partial charge in [0.1, 0.15) is 5.56 Å². The van der Waals surface area contributed by atoms with E-state index in [4.69, 9.17) is 0 Å². The van der Waals surface area contributed by atoms with Crippen LogP contribution in [0, 0.1) is 6.92 Å². The summed E-state index contributed by atoms with van der Waals surface area (Å²) in [5.41, 5.74) is 0.685. The molecule has 1 aromatic rings. The molecule has 5 heteroatoms. The molecule has 0 atom stereocenters. The Morgan fingerprint density at radius 1 is 1.47 bits per heavy atom. The second kappa shape index (κ2) is 4.71. The van der Waals surface area contributed by atoms with Crippen molar-refractivity contribution >= 4 is 5.91 Å². The van der Waals surface area contributed by atoms with Gasteiger partial charge in [0.25, 0.3) is 11.5 Å². The second-order valence-electron chi connectivity index (χ2n) is 4.29. The molecule has 1 aromatic heterocycles. The molecule has 0 saturated carbocycles. The highest BCUT2D eigenvalue weighted by molar-refractivity contribution is 5.94. The zero-order chi connectivity index (χ0) is 12.4. The minimum absolute atomic E-state index is 0.180. The van der Waals surface area contributed by atoms with E-state index in [0.29, 0.717) is 6.54 Å². The van der Waals surface area contributed by atoms with E-state index in [-0.39, 0.29) is 23.1 Å². The van der Waals surface area contributed by atoms with E-state index in [1.54, 1.807) is 24.0 Å². The van der Waals surface area contributed by atoms with Crippen LogP contribution in [0.1, 0.15) is 23.0 Å². The molecule has 0 unspecified atom stereocenters. The first-order chi connectivity index (χ1) is 8.13. The molecule has 0 aliphatic carbocycles. The Labute approximate surface area is 99.8 Å². The molecular weight excluding hydrogens is 218 g/mol. The maximum atomic E-state index is 12.2. The normalized spacial score (nSPS) is 15.4. The van der Waals surface area contributed by atoms with Crippen LogP contribution in [-0.4, -0.2) is 41.5 Å². The largest absolute Gasteiger partial charge is 0.333 e. The van der Waals surface area contributed by atoms with Gasteiger partial charge in [-0.15, -0.1) is 0 Å². The predicted octanol–water partition coefficient (Wildman–Crippen LogP) is 0.117. The highest BCUT2D eigenvalue weighted by Gasteiger charge is 2.28. The van der Waals surface area contributed by atoms with Crippen LogP contribution >= 0.6 is 0 Å². The molecule has 2 rings (SSSR count). The van der Waals surface area contributed by atoms with Gasteiger partial charge in [0.05, 0.1) is 6.04 Å². The Kier molecular flexibility index (Phi) is 3.28. The SMILES string of the molecule is CCN(C(=O)c1ccc(C)[nH]c1=O)C1CNC1. The molecule has 0 bridgehead atoms. The topological polar surface area (TPSA) is 65.2 Å². The number of H-pyrrole nitrogens is 1. The van der Waals surface area contributed by atoms with Crippen molar-refractivity contribution in [3.63, 3.8) is 0 Å². The molecule has 1 saturated heterocycles. The number of nitrogens with zero attached hydrogens (tertiary/aromatic N) is 1. The number of hydrogen-bond donors (Lipinski definition) is 2. The molecule has 92 valence electrons. The Morgan fingerprint density at radius 2 is 2.18 bits per heavy atom. The third-order valence-corrected chi connectivity index (χ3v) is 3.09. The van der Waals surface area contributed by atoms with Gasteiger partial charge in [-0.2, -0.15) is 0 Å². The summed E-state index contributed by atoms with van der Waals surface area (Å²) in [6.45, 7) is 5.97. The van der Waals surface area contributed by atoms with E-state index in [9.17, 15) is 9.59 Å². The van der Waals surface area contributed by atoms with Crippen LogP contribution in [0.5, 0.6) is 0 Å². The monoisotopic (exact) mass is 235 g/mol. The first-order valence-electron chi connectivity index (χ1n) is 5.85. The van der Waals surface area contributed by atoms with Crippen molar-refractivity contribution in [2.45, 2.75) is 19.9 Å². The molecule has 2 heterocycles. The van der Waals surface area contributed by atoms with Crippen molar-refractivity contribution in [1.82, 2.24) is 15.2 Å². The highest BCUT2D eigenvalue weighted by Crippen LogP contribution is 2.09. The second-order valence-corrected chi connectivity index (χ2v) is 4.29. The molecule has 1 aliphatic rings. The molecule has 0 radical (unpaired) electrons. The number of aromatic amines is 1. The summed E-state index contributed by atoms with van der Waals surface area (Å²) >= 11 is 0. The van der Waals surface area contributed by atoms with Crippen molar-refractivity contribution in [1.29, 1.82) is 0 Å². The van der Waals surface area contributed by atoms with Gasteiger partial charge in [-0.05, 0) is 26.0 Å². The summed E-state index contributed by atoms with van der Waals surface area (Å²) in [6.07, 6.45) is 0. The van der Waals surface area contributed by atoms with Crippen LogP contribution in [0.3, 0.4) is 0 Å². The summed E-state index contributed by atoms with van der Waals surface area (Å²) in [6, 6.07) is 3.57. The number of nitrogens with one attached hydrogen (secondary N) is 2. The fourth-order valence-electron chi connectivity index (χ4n) is 1.96. The number of carbonyl (C=O) groups is 1. The Balaban J connectivity index is 2.25. The molecule has 0 spiro atoms. The average molecular weight is 235 g/mol. The number of carbonyl (C=O) groups excluding carboxylic acids is 1. The fraction of sp³-hybridized carbons (Fsp3) is 0.500. The van der Waals surface area contributed by atoms with Gasteiger partial charge in [-0.3, -0.25) is 9.59 Å². The lowest BCUT2D eigenvalue weighted by Gasteiger charge is -2.37. The first-order valence-corrected chi connectivity index (χ1v) is 5.85. The van der Waals surface area contributed by atoms with E-state index < -0.39 is 0 Å². The van der Waals surface area contributed by atoms with Crippen LogP contribution in [0.4, 0.5) is 0 Å². The van der Waals surface area contributed by atoms with Crippen molar-refractivity contribution in [3.8, 4) is 0 Å². The summed E-state index contributed by atoms with van der Waals surface area (Å²) in [5.74, 6) is -0.180. The molecule has 1 aliphatic heterocycles. The number of pyridine rings is 1. The minimum atomic E-state index is -0.305. The van der Waals surface area contributed by atoms with Crippen molar-refractivity contribution in [2.24, 2.45) is 0 Å². The smallest absolute Gasteiger partial charge is 0.260 e. The number of amides is 1. The van der Waals surface area contributed by atoms with E-state index in [1.165, 1.54) is 0 Å². The lowest BCUT2D eigenvalue weighted by molar-refractivity contribution is 0.0628. The van der Waals surface area contributed by atoms with E-state index in [0.717, 1.165) is 18.8 Å². The molecule has 17 heavy (non-hydrogen) atoms. The number of rotatable bonds is 3. The summed E-state index contributed by atoms with van der Waals surface area (Å²) in [4.78, 5) is 28.3. The van der Waals surface area contributed by atoms with Crippen molar-refractivity contribution < 1.29 is 4.79 Å². The number of likely N-dealkylation sites (N-methyl/N-ethyl adjacent to an activating group) is 1. The minimum Gasteiger partial charge on any atom is -0.333 e. The van der Waals surface area contributed by atoms with Gasteiger partial charge in [-0.1, -0.05) is 0 Å². The predicted molar refractivity (Wildman–Crippen MR) is 65.2 cm³/mol. The van der Waals surface area contributed by atoms with Crippen molar-refractivity contribution in [3.05, 3.63) is 33.7 Å². The van der Waals surface area contributed by atoms with Gasteiger partial charge in [0.15, 0.2) is 0 Å². The fourth-order valence-corrected chi connectivity index (χ4v) is 1.96. The lowest BCUT2D eigenvalue weighted by Crippen LogP contribution is -2.59. The van der Waals surface area contributed by atoms with Crippen LogP contribution in [-0.2, 0) is 0 Å². The molecule has 2 N–H and O–H groups in total. The zero-order valence-corrected chi connectivity index (χ0v) is 10.1. The molecule has 0 aromatic carbocycles. The molecule has 1 fully saturated rings. The molecular formula is C12H17N3O2. The third kappa shape index (κ3) is 2.24. The van der Waals surface area contributed by atoms with Crippen molar-refractivity contribution in [2.75, 3.05) is 19.6 Å². The zero-order valence-electron chi connectivity index (χ0n) is 10.1. The summed E-state index contributed by atoms with van der Waals surface area (Å²) in [7, 11) is 0. The Hall–Kier alpha value is -1.62. The van der Waals surface area contributed by atoms with E-state index >= 15 is 0 Å². The van der Waals surface area contributed by atoms with Crippen LogP contribution < -0.4 is 10.9 Å². The van der Waals surface area contributed by atoms with Crippen LogP contribution in [0.15, 0.2) is 16.9 Å².